The van der Waals surface area contributed by atoms with Crippen LogP contribution < -0.4 is 15.4 Å². The summed E-state index contributed by atoms with van der Waals surface area (Å²) in [6.45, 7) is 1.80. The number of aromatic nitrogens is 2. The number of carbonyl (C=O) groups is 2. The van der Waals surface area contributed by atoms with Crippen LogP contribution in [-0.2, 0) is 4.79 Å². The Kier molecular flexibility index (Phi) is 6.65. The van der Waals surface area contributed by atoms with Crippen molar-refractivity contribution in [3.63, 3.8) is 0 Å². The maximum Gasteiger partial charge on any atom is 0.278 e. The van der Waals surface area contributed by atoms with Gasteiger partial charge in [0, 0.05) is 10.9 Å². The lowest BCUT2D eigenvalue weighted by Crippen LogP contribution is -2.26. The van der Waals surface area contributed by atoms with Gasteiger partial charge in [-0.1, -0.05) is 46.1 Å². The van der Waals surface area contributed by atoms with E-state index in [0.717, 1.165) is 4.88 Å². The number of alkyl halides is 3. The number of hydrogen-bond acceptors (Lipinski definition) is 7. The highest BCUT2D eigenvalue weighted by Crippen LogP contribution is 2.35. The summed E-state index contributed by atoms with van der Waals surface area (Å²) in [7, 11) is 1.56. The third-order valence-electron chi connectivity index (χ3n) is 3.58. The number of amides is 2. The molecule has 0 aliphatic heterocycles. The normalized spacial score (nSPS) is 11.2. The number of rotatable bonds is 5. The molecule has 2 N–H and O–H groups in total. The summed E-state index contributed by atoms with van der Waals surface area (Å²) in [4.78, 5) is 33.6. The summed E-state index contributed by atoms with van der Waals surface area (Å²) in [5.41, 5.74) is 1.75. The second kappa shape index (κ2) is 8.85. The van der Waals surface area contributed by atoms with Crippen molar-refractivity contribution in [3.05, 3.63) is 40.9 Å². The Morgan fingerprint density at radius 3 is 2.38 bits per heavy atom. The van der Waals surface area contributed by atoms with Gasteiger partial charge in [-0.2, -0.15) is 0 Å². The fourth-order valence-electron chi connectivity index (χ4n) is 2.20. The van der Waals surface area contributed by atoms with E-state index in [2.05, 4.69) is 20.6 Å². The molecule has 2 aromatic heterocycles. The Hall–Kier alpha value is -1.91. The first-order valence-electron chi connectivity index (χ1n) is 7.94. The lowest BCUT2D eigenvalue weighted by molar-refractivity contribution is -0.115. The molecule has 0 unspecified atom stereocenters. The second-order valence-corrected chi connectivity index (χ2v) is 9.74. The van der Waals surface area contributed by atoms with Crippen LogP contribution in [0.4, 0.5) is 10.3 Å². The zero-order valence-corrected chi connectivity index (χ0v) is 18.9. The van der Waals surface area contributed by atoms with E-state index in [1.165, 1.54) is 22.7 Å². The van der Waals surface area contributed by atoms with E-state index in [0.29, 0.717) is 27.8 Å². The molecule has 0 fully saturated rings. The molecule has 1 aromatic carbocycles. The number of nitrogens with zero attached hydrogens (tertiary/aromatic N) is 2. The predicted octanol–water partition coefficient (Wildman–Crippen LogP) is 5.14. The minimum Gasteiger partial charge on any atom is -0.497 e. The number of thiazole rings is 2. The molecule has 3 rings (SSSR count). The monoisotopic (exact) mass is 490 g/mol. The highest BCUT2D eigenvalue weighted by atomic mass is 35.6. The van der Waals surface area contributed by atoms with Gasteiger partial charge >= 0.3 is 0 Å². The fourth-order valence-corrected chi connectivity index (χ4v) is 4.04. The van der Waals surface area contributed by atoms with Crippen molar-refractivity contribution in [1.29, 1.82) is 0 Å². The fraction of sp³-hybridized carbons (Fsp3) is 0.176. The molecule has 3 aromatic rings. The third-order valence-corrected chi connectivity index (χ3v) is 5.95. The summed E-state index contributed by atoms with van der Waals surface area (Å²) in [5, 5.41) is 7.66. The van der Waals surface area contributed by atoms with Gasteiger partial charge in [0.25, 0.3) is 15.6 Å². The van der Waals surface area contributed by atoms with Crippen LogP contribution in [0, 0.1) is 6.92 Å². The molecule has 7 nitrogen and oxygen atoms in total. The summed E-state index contributed by atoms with van der Waals surface area (Å²) in [6, 6.07) is 6.73. The molecule has 0 saturated carbocycles. The lowest BCUT2D eigenvalue weighted by atomic mass is 10.2. The number of aryl methyl sites for hydroxylation is 1. The molecular formula is C17H13Cl3N4O3S2. The zero-order chi connectivity index (χ0) is 21.2. The molecular weight excluding hydrogens is 479 g/mol. The maximum absolute atomic E-state index is 12.4. The number of halogens is 3. The van der Waals surface area contributed by atoms with Crippen molar-refractivity contribution < 1.29 is 14.3 Å². The first kappa shape index (κ1) is 21.8. The molecule has 0 aliphatic carbocycles. The molecule has 2 amide bonds. The molecule has 2 heterocycles. The van der Waals surface area contributed by atoms with Gasteiger partial charge in [-0.25, -0.2) is 9.97 Å². The van der Waals surface area contributed by atoms with Crippen molar-refractivity contribution in [3.8, 4) is 16.3 Å². The van der Waals surface area contributed by atoms with Crippen LogP contribution in [0.15, 0.2) is 29.6 Å². The summed E-state index contributed by atoms with van der Waals surface area (Å²) in [5.74, 6) is -0.422. The minimum atomic E-state index is -2.08. The van der Waals surface area contributed by atoms with Crippen LogP contribution in [0.2, 0.25) is 0 Å². The molecule has 0 saturated heterocycles. The van der Waals surface area contributed by atoms with Gasteiger partial charge in [-0.05, 0) is 31.2 Å². The van der Waals surface area contributed by atoms with Crippen LogP contribution in [0.25, 0.3) is 10.6 Å². The number of anilines is 2. The van der Waals surface area contributed by atoms with Crippen molar-refractivity contribution in [2.75, 3.05) is 17.7 Å². The molecule has 0 radical (unpaired) electrons. The molecule has 0 bridgehead atoms. The molecule has 29 heavy (non-hydrogen) atoms. The average Bonchev–Trinajstić information content (AvgIpc) is 3.27. The van der Waals surface area contributed by atoms with Gasteiger partial charge in [-0.3, -0.25) is 20.2 Å². The Balaban J connectivity index is 1.73. The number of carbonyl (C=O) groups excluding carboxylic acids is 2. The van der Waals surface area contributed by atoms with Crippen LogP contribution in [0.5, 0.6) is 5.75 Å². The summed E-state index contributed by atoms with van der Waals surface area (Å²) < 4.78 is 3.01. The van der Waals surface area contributed by atoms with E-state index < -0.39 is 9.70 Å². The quantitative estimate of drug-likeness (QED) is 0.482. The van der Waals surface area contributed by atoms with Gasteiger partial charge in [0.05, 0.1) is 23.4 Å². The molecule has 152 valence electrons. The Morgan fingerprint density at radius 2 is 1.76 bits per heavy atom. The minimum absolute atomic E-state index is 0.285. The van der Waals surface area contributed by atoms with Crippen molar-refractivity contribution in [2.24, 2.45) is 0 Å². The highest BCUT2D eigenvalue weighted by Gasteiger charge is 2.31. The van der Waals surface area contributed by atoms with Gasteiger partial charge in [0.15, 0.2) is 10.3 Å². The maximum atomic E-state index is 12.4. The second-order valence-electron chi connectivity index (χ2n) is 5.61. The van der Waals surface area contributed by atoms with Crippen LogP contribution >= 0.6 is 57.5 Å². The number of nitrogens with one attached hydrogen (secondary N) is 2. The Labute approximate surface area is 189 Å². The smallest absolute Gasteiger partial charge is 0.278 e. The van der Waals surface area contributed by atoms with E-state index in [1.54, 1.807) is 43.7 Å². The summed E-state index contributed by atoms with van der Waals surface area (Å²) in [6.07, 6.45) is 0. The topological polar surface area (TPSA) is 93.2 Å². The Bertz CT molecular complexity index is 1050. The lowest BCUT2D eigenvalue weighted by Gasteiger charge is -2.08. The first-order valence-corrected chi connectivity index (χ1v) is 10.8. The molecule has 0 aliphatic rings. The Morgan fingerprint density at radius 1 is 1.07 bits per heavy atom. The zero-order valence-electron chi connectivity index (χ0n) is 15.0. The SMILES string of the molecule is COc1ccc(C(=O)Nc2nc(C)c(-c3csc(NC(=O)C(Cl)(Cl)Cl)n3)s2)cc1. The largest absolute Gasteiger partial charge is 0.497 e. The standard InChI is InChI=1S/C17H13Cl3N4O3S2/c1-8-12(11-7-28-15(22-11)24-14(26)17(18,19)20)29-16(21-8)23-13(25)9-3-5-10(27-2)6-4-9/h3-7H,1-2H3,(H,21,23,25)(H,22,24,26). The van der Waals surface area contributed by atoms with E-state index in [9.17, 15) is 9.59 Å². The first-order chi connectivity index (χ1) is 13.7. The highest BCUT2D eigenvalue weighted by molar-refractivity contribution is 7.20. The van der Waals surface area contributed by atoms with Crippen LogP contribution in [0.1, 0.15) is 16.1 Å². The van der Waals surface area contributed by atoms with Crippen molar-refractivity contribution in [1.82, 2.24) is 9.97 Å². The van der Waals surface area contributed by atoms with E-state index in [1.807, 2.05) is 0 Å². The number of ether oxygens (including phenoxy) is 1. The third kappa shape index (κ3) is 5.37. The molecule has 0 spiro atoms. The average molecular weight is 492 g/mol. The van der Waals surface area contributed by atoms with Crippen LogP contribution in [0.3, 0.4) is 0 Å². The van der Waals surface area contributed by atoms with Crippen LogP contribution in [-0.4, -0.2) is 32.7 Å². The van der Waals surface area contributed by atoms with Crippen molar-refractivity contribution >= 4 is 79.6 Å². The summed E-state index contributed by atoms with van der Waals surface area (Å²) >= 11 is 19.1. The number of hydrogen-bond donors (Lipinski definition) is 2. The predicted molar refractivity (Wildman–Crippen MR) is 118 cm³/mol. The van der Waals surface area contributed by atoms with E-state index in [-0.39, 0.29) is 11.0 Å². The van der Waals surface area contributed by atoms with E-state index >= 15 is 0 Å². The van der Waals surface area contributed by atoms with Crippen molar-refractivity contribution in [2.45, 2.75) is 10.7 Å². The van der Waals surface area contributed by atoms with E-state index in [4.69, 9.17) is 39.5 Å². The molecule has 12 heteroatoms. The van der Waals surface area contributed by atoms with Gasteiger partial charge < -0.3 is 4.74 Å². The van der Waals surface area contributed by atoms with Gasteiger partial charge in [0.2, 0.25) is 0 Å². The van der Waals surface area contributed by atoms with Gasteiger partial charge in [0.1, 0.15) is 5.75 Å². The number of benzene rings is 1. The van der Waals surface area contributed by atoms with Gasteiger partial charge in [-0.15, -0.1) is 11.3 Å². The molecule has 0 atom stereocenters. The number of methoxy groups -OCH3 is 1.